The summed E-state index contributed by atoms with van der Waals surface area (Å²) in [5.41, 5.74) is 1.40. The number of hydrogen-bond donors (Lipinski definition) is 0. The van der Waals surface area contributed by atoms with Gasteiger partial charge in [0.15, 0.2) is 0 Å². The average molecular weight is 657 g/mol. The number of fused-ring (bicyclic) bond motifs is 1. The minimum atomic E-state index is -3.70. The van der Waals surface area contributed by atoms with Gasteiger partial charge in [-0.1, -0.05) is 41.1 Å². The predicted molar refractivity (Wildman–Crippen MR) is 163 cm³/mol. The van der Waals surface area contributed by atoms with Crippen molar-refractivity contribution in [2.24, 2.45) is 16.9 Å². The third-order valence-corrected chi connectivity index (χ3v) is 10.0. The van der Waals surface area contributed by atoms with E-state index in [2.05, 4.69) is 26.0 Å². The van der Waals surface area contributed by atoms with Crippen LogP contribution in [-0.4, -0.2) is 47.8 Å². The normalized spacial score (nSPS) is 18.1. The number of nitro benzene ring substituents is 1. The lowest BCUT2D eigenvalue weighted by Crippen LogP contribution is -2.42. The van der Waals surface area contributed by atoms with Crippen molar-refractivity contribution in [3.05, 3.63) is 92.4 Å². The minimum Gasteiger partial charge on any atom is -0.267 e. The summed E-state index contributed by atoms with van der Waals surface area (Å²) in [5, 5.41) is 16.8. The highest BCUT2D eigenvalue weighted by Gasteiger charge is 2.32. The molecule has 2 heterocycles. The van der Waals surface area contributed by atoms with E-state index in [1.807, 2.05) is 32.0 Å². The number of carbonyl (C=O) groups excluding carboxylic acids is 1. The first-order chi connectivity index (χ1) is 19.5. The fraction of sp³-hybridized carbons (Fsp3) is 0.250. The Morgan fingerprint density at radius 3 is 2.39 bits per heavy atom. The number of nitrogens with zero attached hydrogens (tertiary/aromatic N) is 5. The number of non-ortho nitro benzene ring substituents is 1. The van der Waals surface area contributed by atoms with E-state index in [9.17, 15) is 23.3 Å². The molecule has 10 nitrogen and oxygen atoms in total. The second kappa shape index (κ2) is 11.8. The lowest BCUT2D eigenvalue weighted by molar-refractivity contribution is -0.384. The third kappa shape index (κ3) is 6.38. The van der Waals surface area contributed by atoms with E-state index in [0.717, 1.165) is 20.6 Å². The number of amides is 1. The van der Waals surface area contributed by atoms with E-state index in [1.54, 1.807) is 0 Å². The lowest BCUT2D eigenvalue weighted by atomic mass is 9.94. The number of piperidine rings is 1. The van der Waals surface area contributed by atoms with Gasteiger partial charge in [-0.15, -0.1) is 0 Å². The SMILES string of the molecule is CC1CC(C)CN(S(=O)(=O)c2ccc(C(=O)N(/N=C/c3ccc([N+](=O)[O-])cc3)c3nc4ccc(Br)cc4s3)cc2)C1. The van der Waals surface area contributed by atoms with Crippen LogP contribution >= 0.6 is 27.3 Å². The summed E-state index contributed by atoms with van der Waals surface area (Å²) >= 11 is 4.72. The van der Waals surface area contributed by atoms with Crippen LogP contribution in [0, 0.1) is 22.0 Å². The number of aromatic nitrogens is 1. The molecule has 0 saturated carbocycles. The molecule has 0 N–H and O–H groups in total. The summed E-state index contributed by atoms with van der Waals surface area (Å²) in [6.45, 7) is 5.03. The first kappa shape index (κ1) is 29.0. The zero-order chi connectivity index (χ0) is 29.3. The molecule has 0 radical (unpaired) electrons. The molecular weight excluding hydrogens is 630 g/mol. The monoisotopic (exact) mass is 655 g/mol. The van der Waals surface area contributed by atoms with Crippen LogP contribution in [0.1, 0.15) is 36.2 Å². The Hall–Kier alpha value is -3.52. The summed E-state index contributed by atoms with van der Waals surface area (Å²) < 4.78 is 29.9. The number of sulfonamides is 1. The van der Waals surface area contributed by atoms with E-state index in [4.69, 9.17) is 0 Å². The quantitative estimate of drug-likeness (QED) is 0.130. The van der Waals surface area contributed by atoms with E-state index in [-0.39, 0.29) is 28.0 Å². The zero-order valence-corrected chi connectivity index (χ0v) is 25.4. The molecule has 0 bridgehead atoms. The highest BCUT2D eigenvalue weighted by atomic mass is 79.9. The van der Waals surface area contributed by atoms with Crippen LogP contribution in [0.4, 0.5) is 10.8 Å². The fourth-order valence-corrected chi connectivity index (χ4v) is 7.97. The predicted octanol–water partition coefficient (Wildman–Crippen LogP) is 6.31. The summed E-state index contributed by atoms with van der Waals surface area (Å²) in [4.78, 5) is 28.9. The van der Waals surface area contributed by atoms with Crippen molar-refractivity contribution in [2.45, 2.75) is 25.2 Å². The number of benzene rings is 3. The van der Waals surface area contributed by atoms with Gasteiger partial charge in [-0.3, -0.25) is 14.9 Å². The van der Waals surface area contributed by atoms with Gasteiger partial charge >= 0.3 is 0 Å². The van der Waals surface area contributed by atoms with Gasteiger partial charge in [-0.25, -0.2) is 13.4 Å². The number of hydrazone groups is 1. The molecule has 4 aromatic rings. The van der Waals surface area contributed by atoms with Gasteiger partial charge < -0.3 is 0 Å². The largest absolute Gasteiger partial charge is 0.280 e. The van der Waals surface area contributed by atoms with Crippen molar-refractivity contribution in [1.29, 1.82) is 0 Å². The molecule has 2 unspecified atom stereocenters. The molecule has 1 fully saturated rings. The fourth-order valence-electron chi connectivity index (χ4n) is 4.81. The average Bonchev–Trinajstić information content (AvgIpc) is 3.35. The Morgan fingerprint density at radius 2 is 1.76 bits per heavy atom. The molecule has 13 heteroatoms. The molecule has 1 aromatic heterocycles. The molecule has 2 atom stereocenters. The Bertz CT molecular complexity index is 1730. The molecule has 1 saturated heterocycles. The first-order valence-corrected chi connectivity index (χ1v) is 15.9. The van der Waals surface area contributed by atoms with Crippen molar-refractivity contribution in [1.82, 2.24) is 9.29 Å². The maximum absolute atomic E-state index is 13.7. The van der Waals surface area contributed by atoms with Crippen LogP contribution in [0.5, 0.6) is 0 Å². The molecule has 5 rings (SSSR count). The van der Waals surface area contributed by atoms with Crippen LogP contribution in [0.3, 0.4) is 0 Å². The maximum Gasteiger partial charge on any atom is 0.280 e. The van der Waals surface area contributed by atoms with Crippen LogP contribution in [-0.2, 0) is 10.0 Å². The Labute approximate surface area is 249 Å². The van der Waals surface area contributed by atoms with Crippen LogP contribution in [0.2, 0.25) is 0 Å². The Kier molecular flexibility index (Phi) is 8.32. The molecule has 1 aliphatic rings. The standard InChI is InChI=1S/C28H26BrN5O5S2/c1-18-13-19(2)17-32(16-18)41(38,39)24-10-5-21(6-11-24)27(35)33(28-31-25-12-7-22(29)14-26(25)40-28)30-15-20-3-8-23(9-4-20)34(36)37/h3-12,14-15,18-19H,13,16-17H2,1-2H3/b30-15+. The Balaban J connectivity index is 1.46. The van der Waals surface area contributed by atoms with Gasteiger partial charge in [0.2, 0.25) is 15.2 Å². The van der Waals surface area contributed by atoms with E-state index in [0.29, 0.717) is 29.3 Å². The van der Waals surface area contributed by atoms with Crippen molar-refractivity contribution < 1.29 is 18.1 Å². The van der Waals surface area contributed by atoms with Gasteiger partial charge in [0.25, 0.3) is 11.6 Å². The van der Waals surface area contributed by atoms with Gasteiger partial charge in [0, 0.05) is 35.3 Å². The summed E-state index contributed by atoms with van der Waals surface area (Å²) in [6.07, 6.45) is 2.40. The number of nitro groups is 1. The minimum absolute atomic E-state index is 0.0599. The molecule has 0 spiro atoms. The third-order valence-electron chi connectivity index (χ3n) is 6.71. The Morgan fingerprint density at radius 1 is 1.10 bits per heavy atom. The summed E-state index contributed by atoms with van der Waals surface area (Å²) in [5.74, 6) is 0.0300. The molecule has 1 amide bonds. The van der Waals surface area contributed by atoms with Gasteiger partial charge in [0.1, 0.15) is 0 Å². The lowest BCUT2D eigenvalue weighted by Gasteiger charge is -2.34. The molecule has 0 aliphatic carbocycles. The highest BCUT2D eigenvalue weighted by molar-refractivity contribution is 9.10. The van der Waals surface area contributed by atoms with E-state index in [1.165, 1.54) is 70.4 Å². The highest BCUT2D eigenvalue weighted by Crippen LogP contribution is 2.32. The number of rotatable bonds is 7. The van der Waals surface area contributed by atoms with Crippen LogP contribution in [0.25, 0.3) is 10.2 Å². The molecule has 1 aliphatic heterocycles. The van der Waals surface area contributed by atoms with Gasteiger partial charge in [0.05, 0.1) is 26.3 Å². The first-order valence-electron chi connectivity index (χ1n) is 12.8. The second-order valence-electron chi connectivity index (χ2n) is 10.1. The second-order valence-corrected chi connectivity index (χ2v) is 14.0. The summed E-state index contributed by atoms with van der Waals surface area (Å²) in [7, 11) is -3.70. The molecule has 212 valence electrons. The number of halogens is 1. The maximum atomic E-state index is 13.7. The smallest absolute Gasteiger partial charge is 0.267 e. The van der Waals surface area contributed by atoms with Crippen molar-refractivity contribution in [3.8, 4) is 0 Å². The van der Waals surface area contributed by atoms with Gasteiger partial charge in [-0.05, 0) is 78.4 Å². The topological polar surface area (TPSA) is 126 Å². The molecule has 41 heavy (non-hydrogen) atoms. The van der Waals surface area contributed by atoms with Crippen LogP contribution in [0.15, 0.2) is 81.2 Å². The van der Waals surface area contributed by atoms with Crippen molar-refractivity contribution in [3.63, 3.8) is 0 Å². The zero-order valence-electron chi connectivity index (χ0n) is 22.2. The van der Waals surface area contributed by atoms with Crippen molar-refractivity contribution in [2.75, 3.05) is 18.1 Å². The molecule has 3 aromatic carbocycles. The number of hydrogen-bond acceptors (Lipinski definition) is 8. The van der Waals surface area contributed by atoms with E-state index < -0.39 is 20.9 Å². The van der Waals surface area contributed by atoms with Crippen LogP contribution < -0.4 is 5.01 Å². The number of anilines is 1. The summed E-state index contributed by atoms with van der Waals surface area (Å²) in [6, 6.07) is 17.2. The number of carbonyl (C=O) groups is 1. The molecular formula is C28H26BrN5O5S2. The number of thiazole rings is 1. The van der Waals surface area contributed by atoms with Crippen molar-refractivity contribution >= 4 is 70.4 Å². The van der Waals surface area contributed by atoms with E-state index >= 15 is 0 Å². The van der Waals surface area contributed by atoms with Gasteiger partial charge in [-0.2, -0.15) is 14.4 Å².